The lowest BCUT2D eigenvalue weighted by Crippen LogP contribution is -2.28. The quantitative estimate of drug-likeness (QED) is 0.375. The van der Waals surface area contributed by atoms with Gasteiger partial charge in [-0.15, -0.1) is 10.2 Å². The van der Waals surface area contributed by atoms with E-state index >= 15 is 0 Å². The molecule has 3 aromatic rings. The summed E-state index contributed by atoms with van der Waals surface area (Å²) in [6.45, 7) is 4.09. The zero-order valence-corrected chi connectivity index (χ0v) is 16.1. The second kappa shape index (κ2) is 8.92. The molecule has 0 saturated heterocycles. The van der Waals surface area contributed by atoms with Gasteiger partial charge in [-0.25, -0.2) is 0 Å². The van der Waals surface area contributed by atoms with Crippen LogP contribution in [-0.4, -0.2) is 34.2 Å². The van der Waals surface area contributed by atoms with E-state index in [1.807, 2.05) is 37.3 Å². The van der Waals surface area contributed by atoms with Gasteiger partial charge in [-0.2, -0.15) is 0 Å². The summed E-state index contributed by atoms with van der Waals surface area (Å²) in [6.07, 6.45) is 0. The molecule has 0 aliphatic rings. The van der Waals surface area contributed by atoms with E-state index in [4.69, 9.17) is 4.74 Å². The largest absolute Gasteiger partial charge is 0.475 e. The van der Waals surface area contributed by atoms with Crippen LogP contribution in [0.1, 0.15) is 21.5 Å². The Labute approximate surface area is 167 Å². The first-order valence-electron chi connectivity index (χ1n) is 9.01. The summed E-state index contributed by atoms with van der Waals surface area (Å²) in [5.74, 6) is 0.0358. The lowest BCUT2D eigenvalue weighted by Gasteiger charge is -2.08. The highest BCUT2D eigenvalue weighted by Gasteiger charge is 2.13. The van der Waals surface area contributed by atoms with E-state index in [2.05, 4.69) is 15.5 Å². The molecule has 0 aliphatic heterocycles. The summed E-state index contributed by atoms with van der Waals surface area (Å²) in [5, 5.41) is 21.7. The number of nitro groups is 1. The highest BCUT2D eigenvalue weighted by Crippen LogP contribution is 2.19. The van der Waals surface area contributed by atoms with Crippen molar-refractivity contribution in [2.75, 3.05) is 13.2 Å². The van der Waals surface area contributed by atoms with Gasteiger partial charge in [0, 0.05) is 28.8 Å². The molecule has 8 nitrogen and oxygen atoms in total. The van der Waals surface area contributed by atoms with Crippen molar-refractivity contribution < 1.29 is 14.5 Å². The third-order valence-electron chi connectivity index (χ3n) is 4.28. The summed E-state index contributed by atoms with van der Waals surface area (Å²) in [6, 6.07) is 15.8. The van der Waals surface area contributed by atoms with Gasteiger partial charge in [0.15, 0.2) is 0 Å². The number of amides is 1. The number of carbonyl (C=O) groups excluding carboxylic acids is 1. The minimum Gasteiger partial charge on any atom is -0.475 e. The van der Waals surface area contributed by atoms with Crippen molar-refractivity contribution in [1.82, 2.24) is 15.5 Å². The fraction of sp³-hybridized carbons (Fsp3) is 0.190. The first kappa shape index (κ1) is 19.9. The first-order valence-corrected chi connectivity index (χ1v) is 9.01. The Morgan fingerprint density at radius 2 is 1.83 bits per heavy atom. The van der Waals surface area contributed by atoms with Crippen LogP contribution in [0.5, 0.6) is 5.88 Å². The predicted octanol–water partition coefficient (Wildman–Crippen LogP) is 3.48. The van der Waals surface area contributed by atoms with Gasteiger partial charge < -0.3 is 10.1 Å². The highest BCUT2D eigenvalue weighted by atomic mass is 16.6. The number of benzene rings is 2. The Morgan fingerprint density at radius 3 is 2.45 bits per heavy atom. The van der Waals surface area contributed by atoms with E-state index in [0.717, 1.165) is 11.3 Å². The molecule has 3 rings (SSSR count). The third-order valence-corrected chi connectivity index (χ3v) is 4.28. The van der Waals surface area contributed by atoms with Crippen LogP contribution in [0.4, 0.5) is 5.69 Å². The molecule has 0 aliphatic carbocycles. The van der Waals surface area contributed by atoms with E-state index in [-0.39, 0.29) is 24.7 Å². The van der Waals surface area contributed by atoms with Crippen LogP contribution >= 0.6 is 0 Å². The van der Waals surface area contributed by atoms with Crippen molar-refractivity contribution in [2.24, 2.45) is 0 Å². The van der Waals surface area contributed by atoms with Crippen molar-refractivity contribution >= 4 is 11.6 Å². The molecule has 1 N–H and O–H groups in total. The number of nitrogens with zero attached hydrogens (tertiary/aromatic N) is 3. The standard InChI is InChI=1S/C21H20N4O4/c1-14-3-5-16(6-4-14)18-8-10-20(24-23-18)29-12-11-22-21(26)17-7-9-19(25(27)28)15(2)13-17/h3-10,13H,11-12H2,1-2H3,(H,22,26). The maximum atomic E-state index is 12.2. The Balaban J connectivity index is 1.49. The number of hydrogen-bond donors (Lipinski definition) is 1. The number of rotatable bonds is 7. The van der Waals surface area contributed by atoms with Gasteiger partial charge in [-0.1, -0.05) is 29.8 Å². The zero-order chi connectivity index (χ0) is 20.8. The monoisotopic (exact) mass is 392 g/mol. The summed E-state index contributed by atoms with van der Waals surface area (Å²) in [4.78, 5) is 22.5. The van der Waals surface area contributed by atoms with E-state index in [1.165, 1.54) is 23.8 Å². The molecular formula is C21H20N4O4. The van der Waals surface area contributed by atoms with Gasteiger partial charge in [0.1, 0.15) is 6.61 Å². The van der Waals surface area contributed by atoms with E-state index in [1.54, 1.807) is 13.0 Å². The average molecular weight is 392 g/mol. The molecule has 0 radical (unpaired) electrons. The summed E-state index contributed by atoms with van der Waals surface area (Å²) in [7, 11) is 0. The van der Waals surface area contributed by atoms with Gasteiger partial charge in [-0.05, 0) is 32.0 Å². The molecule has 0 fully saturated rings. The third kappa shape index (κ3) is 5.13. The second-order valence-electron chi connectivity index (χ2n) is 6.49. The van der Waals surface area contributed by atoms with Crippen LogP contribution < -0.4 is 10.1 Å². The number of nitro benzene ring substituents is 1. The number of aromatic nitrogens is 2. The minimum atomic E-state index is -0.476. The van der Waals surface area contributed by atoms with Crippen LogP contribution in [0.25, 0.3) is 11.3 Å². The normalized spacial score (nSPS) is 10.4. The van der Waals surface area contributed by atoms with Crippen molar-refractivity contribution in [2.45, 2.75) is 13.8 Å². The molecule has 8 heteroatoms. The molecule has 29 heavy (non-hydrogen) atoms. The number of ether oxygens (including phenoxy) is 1. The molecule has 148 valence electrons. The Bertz CT molecular complexity index is 1020. The van der Waals surface area contributed by atoms with Crippen LogP contribution in [-0.2, 0) is 0 Å². The summed E-state index contributed by atoms with van der Waals surface area (Å²) < 4.78 is 5.50. The van der Waals surface area contributed by atoms with Gasteiger partial charge >= 0.3 is 0 Å². The van der Waals surface area contributed by atoms with Gasteiger partial charge in [0.05, 0.1) is 17.2 Å². The van der Waals surface area contributed by atoms with Crippen LogP contribution in [0, 0.1) is 24.0 Å². The van der Waals surface area contributed by atoms with Gasteiger partial charge in [0.25, 0.3) is 11.6 Å². The highest BCUT2D eigenvalue weighted by molar-refractivity contribution is 5.94. The van der Waals surface area contributed by atoms with Crippen molar-refractivity contribution in [1.29, 1.82) is 0 Å². The molecule has 2 aromatic carbocycles. The molecule has 0 unspecified atom stereocenters. The topological polar surface area (TPSA) is 107 Å². The molecule has 0 atom stereocenters. The SMILES string of the molecule is Cc1ccc(-c2ccc(OCCNC(=O)c3ccc([N+](=O)[O-])c(C)c3)nn2)cc1. The maximum absolute atomic E-state index is 12.2. The van der Waals surface area contributed by atoms with Crippen LogP contribution in [0.2, 0.25) is 0 Å². The molecule has 1 amide bonds. The van der Waals surface area contributed by atoms with Gasteiger partial charge in [0.2, 0.25) is 5.88 Å². The second-order valence-corrected chi connectivity index (χ2v) is 6.49. The Kier molecular flexibility index (Phi) is 6.13. The van der Waals surface area contributed by atoms with E-state index < -0.39 is 4.92 Å². The minimum absolute atomic E-state index is 0.0162. The lowest BCUT2D eigenvalue weighted by molar-refractivity contribution is -0.385. The first-order chi connectivity index (χ1) is 13.9. The van der Waals surface area contributed by atoms with Crippen molar-refractivity contribution in [3.05, 3.63) is 81.4 Å². The smallest absolute Gasteiger partial charge is 0.272 e. The molecular weight excluding hydrogens is 372 g/mol. The molecule has 1 heterocycles. The zero-order valence-electron chi connectivity index (χ0n) is 16.1. The number of carbonyl (C=O) groups is 1. The fourth-order valence-corrected chi connectivity index (χ4v) is 2.70. The molecule has 0 saturated carbocycles. The summed E-state index contributed by atoms with van der Waals surface area (Å²) in [5.41, 5.74) is 3.67. The van der Waals surface area contributed by atoms with Crippen LogP contribution in [0.15, 0.2) is 54.6 Å². The maximum Gasteiger partial charge on any atom is 0.272 e. The van der Waals surface area contributed by atoms with Crippen LogP contribution in [0.3, 0.4) is 0 Å². The molecule has 1 aromatic heterocycles. The average Bonchev–Trinajstić information content (AvgIpc) is 2.72. The molecule has 0 spiro atoms. The molecule has 0 bridgehead atoms. The van der Waals surface area contributed by atoms with E-state index in [0.29, 0.717) is 17.0 Å². The van der Waals surface area contributed by atoms with Crippen molar-refractivity contribution in [3.8, 4) is 17.1 Å². The van der Waals surface area contributed by atoms with Gasteiger partial charge in [-0.3, -0.25) is 14.9 Å². The number of aryl methyl sites for hydroxylation is 2. The van der Waals surface area contributed by atoms with E-state index in [9.17, 15) is 14.9 Å². The van der Waals surface area contributed by atoms with Crippen molar-refractivity contribution in [3.63, 3.8) is 0 Å². The summed E-state index contributed by atoms with van der Waals surface area (Å²) >= 11 is 0. The Hall–Kier alpha value is -3.81. The lowest BCUT2D eigenvalue weighted by atomic mass is 10.1. The number of hydrogen-bond acceptors (Lipinski definition) is 6. The Morgan fingerprint density at radius 1 is 1.07 bits per heavy atom. The fourth-order valence-electron chi connectivity index (χ4n) is 2.70. The number of nitrogens with one attached hydrogen (secondary N) is 1. The predicted molar refractivity (Wildman–Crippen MR) is 108 cm³/mol.